The van der Waals surface area contributed by atoms with Crippen molar-refractivity contribution >= 4 is 28.9 Å². The fourth-order valence-corrected chi connectivity index (χ4v) is 3.00. The third kappa shape index (κ3) is 4.04. The second kappa shape index (κ2) is 7.64. The summed E-state index contributed by atoms with van der Waals surface area (Å²) in [6, 6.07) is 11.4. The lowest BCUT2D eigenvalue weighted by molar-refractivity contribution is -0.115. The number of hydrogen-bond donors (Lipinski definition) is 1. The van der Waals surface area contributed by atoms with Gasteiger partial charge in [0.15, 0.2) is 0 Å². The number of halogens is 2. The lowest BCUT2D eigenvalue weighted by Crippen LogP contribution is -2.37. The van der Waals surface area contributed by atoms with Crippen LogP contribution in [-0.4, -0.2) is 32.2 Å². The van der Waals surface area contributed by atoms with E-state index in [-0.39, 0.29) is 18.1 Å². The Balaban J connectivity index is 1.75. The van der Waals surface area contributed by atoms with Crippen LogP contribution in [0.1, 0.15) is 5.56 Å². The minimum atomic E-state index is -0.316. The van der Waals surface area contributed by atoms with E-state index in [9.17, 15) is 9.18 Å². The van der Waals surface area contributed by atoms with Crippen molar-refractivity contribution in [3.63, 3.8) is 0 Å². The molecule has 3 rings (SSSR count). The van der Waals surface area contributed by atoms with Crippen LogP contribution in [0.5, 0.6) is 0 Å². The van der Waals surface area contributed by atoms with Crippen molar-refractivity contribution in [3.8, 4) is 0 Å². The molecule has 1 saturated heterocycles. The molecule has 1 aliphatic heterocycles. The molecule has 1 aliphatic rings. The summed E-state index contributed by atoms with van der Waals surface area (Å²) in [6.45, 7) is 2.72. The maximum Gasteiger partial charge on any atom is 0.228 e. The molecule has 0 unspecified atom stereocenters. The van der Waals surface area contributed by atoms with E-state index in [2.05, 4.69) is 10.2 Å². The number of nitrogens with zero attached hydrogens (tertiary/aromatic N) is 1. The van der Waals surface area contributed by atoms with Gasteiger partial charge in [-0.3, -0.25) is 4.79 Å². The predicted molar refractivity (Wildman–Crippen MR) is 93.2 cm³/mol. The summed E-state index contributed by atoms with van der Waals surface area (Å²) in [5.74, 6) is -0.484. The van der Waals surface area contributed by atoms with Crippen molar-refractivity contribution in [1.29, 1.82) is 0 Å². The molecule has 0 aromatic heterocycles. The fraction of sp³-hybridized carbons (Fsp3) is 0.278. The molecule has 0 radical (unpaired) electrons. The van der Waals surface area contributed by atoms with Gasteiger partial charge in [0, 0.05) is 13.1 Å². The summed E-state index contributed by atoms with van der Waals surface area (Å²) in [5.41, 5.74) is 2.25. The first-order valence-corrected chi connectivity index (χ1v) is 8.17. The van der Waals surface area contributed by atoms with Gasteiger partial charge in [0.25, 0.3) is 0 Å². The predicted octanol–water partition coefficient (Wildman–Crippen LogP) is 3.50. The maximum atomic E-state index is 12.9. The number of ether oxygens (including phenoxy) is 1. The van der Waals surface area contributed by atoms with Gasteiger partial charge in [-0.1, -0.05) is 29.8 Å². The quantitative estimate of drug-likeness (QED) is 0.919. The Kier molecular flexibility index (Phi) is 5.33. The maximum absolute atomic E-state index is 12.9. The molecule has 1 N–H and O–H groups in total. The molecule has 2 aromatic rings. The lowest BCUT2D eigenvalue weighted by Gasteiger charge is -2.31. The number of para-hydroxylation sites is 1. The summed E-state index contributed by atoms with van der Waals surface area (Å²) >= 11 is 6.35. The molecule has 1 amide bonds. The van der Waals surface area contributed by atoms with E-state index in [0.29, 0.717) is 23.9 Å². The Morgan fingerprint density at radius 3 is 2.58 bits per heavy atom. The van der Waals surface area contributed by atoms with Gasteiger partial charge in [-0.25, -0.2) is 4.39 Å². The van der Waals surface area contributed by atoms with E-state index in [1.165, 1.54) is 12.1 Å². The van der Waals surface area contributed by atoms with Crippen LogP contribution in [0.25, 0.3) is 0 Å². The number of carbonyl (C=O) groups excluding carboxylic acids is 1. The first-order valence-electron chi connectivity index (χ1n) is 7.79. The molecular formula is C18H18ClFN2O2. The van der Waals surface area contributed by atoms with Crippen LogP contribution in [0.4, 0.5) is 15.8 Å². The van der Waals surface area contributed by atoms with E-state index in [1.807, 2.05) is 12.1 Å². The third-order valence-electron chi connectivity index (χ3n) is 3.87. The van der Waals surface area contributed by atoms with E-state index < -0.39 is 0 Å². The minimum Gasteiger partial charge on any atom is -0.378 e. The van der Waals surface area contributed by atoms with Crippen molar-refractivity contribution in [1.82, 2.24) is 0 Å². The molecule has 4 nitrogen and oxygen atoms in total. The molecule has 2 aromatic carbocycles. The molecule has 126 valence electrons. The number of carbonyl (C=O) groups is 1. The number of hydrogen-bond acceptors (Lipinski definition) is 3. The Morgan fingerprint density at radius 2 is 1.88 bits per heavy atom. The zero-order valence-corrected chi connectivity index (χ0v) is 13.9. The highest BCUT2D eigenvalue weighted by molar-refractivity contribution is 6.34. The van der Waals surface area contributed by atoms with E-state index in [0.717, 1.165) is 24.3 Å². The van der Waals surface area contributed by atoms with Crippen molar-refractivity contribution in [3.05, 3.63) is 58.9 Å². The van der Waals surface area contributed by atoms with Gasteiger partial charge < -0.3 is 15.0 Å². The van der Waals surface area contributed by atoms with Crippen LogP contribution < -0.4 is 10.2 Å². The molecule has 0 spiro atoms. The zero-order valence-electron chi connectivity index (χ0n) is 13.1. The summed E-state index contributed by atoms with van der Waals surface area (Å²) in [5, 5.41) is 3.51. The molecule has 6 heteroatoms. The Hall–Kier alpha value is -2.11. The third-order valence-corrected chi connectivity index (χ3v) is 4.17. The van der Waals surface area contributed by atoms with Gasteiger partial charge in [-0.2, -0.15) is 0 Å². The summed E-state index contributed by atoms with van der Waals surface area (Å²) < 4.78 is 18.3. The normalized spacial score (nSPS) is 14.5. The van der Waals surface area contributed by atoms with Gasteiger partial charge in [-0.15, -0.1) is 0 Å². The first-order chi connectivity index (χ1) is 11.6. The van der Waals surface area contributed by atoms with Crippen LogP contribution >= 0.6 is 11.6 Å². The van der Waals surface area contributed by atoms with Crippen LogP contribution in [-0.2, 0) is 16.0 Å². The highest BCUT2D eigenvalue weighted by atomic mass is 35.5. The van der Waals surface area contributed by atoms with E-state index >= 15 is 0 Å². The highest BCUT2D eigenvalue weighted by Gasteiger charge is 2.19. The van der Waals surface area contributed by atoms with Crippen LogP contribution in [0.3, 0.4) is 0 Å². The highest BCUT2D eigenvalue weighted by Crippen LogP contribution is 2.34. The average molecular weight is 349 g/mol. The van der Waals surface area contributed by atoms with Crippen LogP contribution in [0, 0.1) is 5.82 Å². The Bertz CT molecular complexity index is 715. The number of rotatable bonds is 4. The average Bonchev–Trinajstić information content (AvgIpc) is 2.58. The van der Waals surface area contributed by atoms with Gasteiger partial charge in [0.1, 0.15) is 5.82 Å². The summed E-state index contributed by atoms with van der Waals surface area (Å²) in [6.07, 6.45) is 0.176. The molecule has 0 aliphatic carbocycles. The SMILES string of the molecule is O=C(Cc1ccc(F)cc1)Nc1cccc(Cl)c1N1CCOCC1. The van der Waals surface area contributed by atoms with Gasteiger partial charge in [-0.05, 0) is 29.8 Å². The van der Waals surface area contributed by atoms with E-state index in [1.54, 1.807) is 18.2 Å². The van der Waals surface area contributed by atoms with Crippen molar-refractivity contribution in [2.24, 2.45) is 0 Å². The largest absolute Gasteiger partial charge is 0.378 e. The lowest BCUT2D eigenvalue weighted by atomic mass is 10.1. The molecule has 24 heavy (non-hydrogen) atoms. The fourth-order valence-electron chi connectivity index (χ4n) is 2.71. The summed E-state index contributed by atoms with van der Waals surface area (Å²) in [4.78, 5) is 14.4. The molecule has 0 bridgehead atoms. The topological polar surface area (TPSA) is 41.6 Å². The molecule has 1 heterocycles. The number of morpholine rings is 1. The smallest absolute Gasteiger partial charge is 0.228 e. The molecule has 0 atom stereocenters. The Morgan fingerprint density at radius 1 is 1.17 bits per heavy atom. The number of benzene rings is 2. The number of nitrogens with one attached hydrogen (secondary N) is 1. The van der Waals surface area contributed by atoms with Gasteiger partial charge in [0.2, 0.25) is 5.91 Å². The first kappa shape index (κ1) is 16.7. The van der Waals surface area contributed by atoms with Crippen molar-refractivity contribution < 1.29 is 13.9 Å². The minimum absolute atomic E-state index is 0.168. The monoisotopic (exact) mass is 348 g/mol. The van der Waals surface area contributed by atoms with Crippen LogP contribution in [0.2, 0.25) is 5.02 Å². The van der Waals surface area contributed by atoms with Gasteiger partial charge in [0.05, 0.1) is 36.0 Å². The van der Waals surface area contributed by atoms with Crippen LogP contribution in [0.15, 0.2) is 42.5 Å². The molecule has 0 saturated carbocycles. The number of anilines is 2. The Labute approximate surface area is 145 Å². The second-order valence-corrected chi connectivity index (χ2v) is 5.99. The standard InChI is InChI=1S/C18H18ClFN2O2/c19-15-2-1-3-16(18(15)22-8-10-24-11-9-22)21-17(23)12-13-4-6-14(20)7-5-13/h1-7H,8-12H2,(H,21,23). The molecular weight excluding hydrogens is 331 g/mol. The summed E-state index contributed by atoms with van der Waals surface area (Å²) in [7, 11) is 0. The number of amides is 1. The van der Waals surface area contributed by atoms with E-state index in [4.69, 9.17) is 16.3 Å². The second-order valence-electron chi connectivity index (χ2n) is 5.59. The van der Waals surface area contributed by atoms with Gasteiger partial charge >= 0.3 is 0 Å². The van der Waals surface area contributed by atoms with Crippen molar-refractivity contribution in [2.45, 2.75) is 6.42 Å². The van der Waals surface area contributed by atoms with Crippen molar-refractivity contribution in [2.75, 3.05) is 36.5 Å². The zero-order chi connectivity index (χ0) is 16.9. The molecule has 1 fully saturated rings.